The fourth-order valence-corrected chi connectivity index (χ4v) is 4.07. The average molecular weight is 540 g/mol. The highest BCUT2D eigenvalue weighted by Gasteiger charge is 2.21. The third-order valence-corrected chi connectivity index (χ3v) is 6.32. The summed E-state index contributed by atoms with van der Waals surface area (Å²) in [6.45, 7) is 3.23. The van der Waals surface area contributed by atoms with E-state index in [1.165, 1.54) is 27.8 Å². The third kappa shape index (κ3) is 5.84. The zero-order chi connectivity index (χ0) is 28.4. The predicted molar refractivity (Wildman–Crippen MR) is 143 cm³/mol. The molecule has 9 nitrogen and oxygen atoms in total. The second-order valence-corrected chi connectivity index (χ2v) is 9.31. The molecule has 12 heteroatoms. The number of alkyl halides is 2. The summed E-state index contributed by atoms with van der Waals surface area (Å²) in [5.41, 5.74) is 0.760. The van der Waals surface area contributed by atoms with Crippen LogP contribution in [0.5, 0.6) is 0 Å². The maximum atomic E-state index is 14.8. The van der Waals surface area contributed by atoms with Gasteiger partial charge in [0.05, 0.1) is 29.0 Å². The number of benzene rings is 2. The van der Waals surface area contributed by atoms with Crippen molar-refractivity contribution in [1.82, 2.24) is 24.4 Å². The van der Waals surface area contributed by atoms with Crippen LogP contribution in [0.2, 0.25) is 0 Å². The first-order valence-electron chi connectivity index (χ1n) is 12.1. The van der Waals surface area contributed by atoms with Crippen LogP contribution < -0.4 is 15.9 Å². The quantitative estimate of drug-likeness (QED) is 0.350. The van der Waals surface area contributed by atoms with E-state index >= 15 is 0 Å². The molecule has 0 aliphatic heterocycles. The lowest BCUT2D eigenvalue weighted by atomic mass is 10.0. The van der Waals surface area contributed by atoms with Gasteiger partial charge in [-0.25, -0.2) is 27.9 Å². The summed E-state index contributed by atoms with van der Waals surface area (Å²) in [6.07, 6.45) is 0.0312. The summed E-state index contributed by atoms with van der Waals surface area (Å²) in [5, 5.41) is 3.77. The molecule has 0 radical (unpaired) electrons. The fraction of sp³-hybridized carbons (Fsp3) is 0.296. The zero-order valence-electron chi connectivity index (χ0n) is 22.1. The van der Waals surface area contributed by atoms with E-state index in [2.05, 4.69) is 20.3 Å². The fourth-order valence-electron chi connectivity index (χ4n) is 4.07. The van der Waals surface area contributed by atoms with E-state index in [0.29, 0.717) is 33.9 Å². The number of hydrogen-bond donors (Lipinski definition) is 1. The van der Waals surface area contributed by atoms with Crippen molar-refractivity contribution in [2.24, 2.45) is 0 Å². The Hall–Kier alpha value is -4.48. The van der Waals surface area contributed by atoms with Crippen LogP contribution in [0.4, 0.5) is 30.4 Å². The minimum atomic E-state index is -2.93. The maximum absolute atomic E-state index is 14.8. The van der Waals surface area contributed by atoms with E-state index < -0.39 is 29.5 Å². The van der Waals surface area contributed by atoms with E-state index in [1.54, 1.807) is 52.2 Å². The number of fused-ring (bicyclic) bond motifs is 1. The Kier molecular flexibility index (Phi) is 7.84. The molecule has 4 aromatic rings. The lowest BCUT2D eigenvalue weighted by molar-refractivity contribution is -0.129. The molecule has 1 atom stereocenters. The standard InChI is InChI=1S/C27H28F3N7O2/c1-15(19-7-6-8-20(24(19)28)25(29)30)32-26-21-11-17(9-10-22(21)33-16(2)34-26)36(5)18-12-31-27(39)37(13-18)14-23(38)35(3)4/h6-13,15,25H,14H2,1-5H3,(H,32,33,34)/t15-/m1/s1. The van der Waals surface area contributed by atoms with Crippen molar-refractivity contribution in [3.8, 4) is 0 Å². The highest BCUT2D eigenvalue weighted by molar-refractivity contribution is 5.92. The number of likely N-dealkylation sites (N-methyl/N-ethyl adjacent to an activating group) is 1. The molecule has 39 heavy (non-hydrogen) atoms. The molecule has 0 bridgehead atoms. The van der Waals surface area contributed by atoms with Crippen molar-refractivity contribution in [3.63, 3.8) is 0 Å². The van der Waals surface area contributed by atoms with E-state index in [-0.39, 0.29) is 18.0 Å². The molecule has 0 unspecified atom stereocenters. The van der Waals surface area contributed by atoms with Gasteiger partial charge in [0.25, 0.3) is 6.43 Å². The number of halogens is 3. The van der Waals surface area contributed by atoms with Crippen LogP contribution in [0, 0.1) is 12.7 Å². The average Bonchev–Trinajstić information content (AvgIpc) is 2.89. The van der Waals surface area contributed by atoms with Crippen LogP contribution in [0.25, 0.3) is 10.9 Å². The van der Waals surface area contributed by atoms with Gasteiger partial charge in [-0.05, 0) is 32.0 Å². The first-order valence-corrected chi connectivity index (χ1v) is 12.1. The largest absolute Gasteiger partial charge is 0.363 e. The molecular formula is C27H28F3N7O2. The lowest BCUT2D eigenvalue weighted by Gasteiger charge is -2.22. The van der Waals surface area contributed by atoms with Gasteiger partial charge in [-0.15, -0.1) is 0 Å². The summed E-state index contributed by atoms with van der Waals surface area (Å²) in [7, 11) is 4.98. The number of rotatable bonds is 8. The van der Waals surface area contributed by atoms with Gasteiger partial charge in [0.2, 0.25) is 5.91 Å². The Labute approximate surface area is 222 Å². The number of nitrogens with zero attached hydrogens (tertiary/aromatic N) is 6. The predicted octanol–water partition coefficient (Wildman–Crippen LogP) is 4.60. The Morgan fingerprint density at radius 2 is 1.79 bits per heavy atom. The number of nitrogens with one attached hydrogen (secondary N) is 1. The number of anilines is 3. The number of aromatic nitrogens is 4. The zero-order valence-corrected chi connectivity index (χ0v) is 22.1. The molecule has 0 saturated carbocycles. The van der Waals surface area contributed by atoms with Crippen molar-refractivity contribution in [2.75, 3.05) is 31.4 Å². The molecule has 0 aliphatic rings. The number of carbonyl (C=O) groups excluding carboxylic acids is 1. The van der Waals surface area contributed by atoms with Crippen LogP contribution in [0.15, 0.2) is 53.6 Å². The molecule has 1 N–H and O–H groups in total. The van der Waals surface area contributed by atoms with E-state index in [9.17, 15) is 22.8 Å². The van der Waals surface area contributed by atoms with Gasteiger partial charge in [-0.3, -0.25) is 9.36 Å². The van der Waals surface area contributed by atoms with Gasteiger partial charge in [-0.1, -0.05) is 18.2 Å². The number of amides is 1. The molecule has 0 aliphatic carbocycles. The minimum Gasteiger partial charge on any atom is -0.363 e. The summed E-state index contributed by atoms with van der Waals surface area (Å²) < 4.78 is 42.5. The van der Waals surface area contributed by atoms with Crippen LogP contribution in [-0.2, 0) is 11.3 Å². The lowest BCUT2D eigenvalue weighted by Crippen LogP contribution is -2.32. The number of aryl methyl sites for hydroxylation is 1. The normalized spacial score (nSPS) is 12.0. The Balaban J connectivity index is 1.70. The van der Waals surface area contributed by atoms with Gasteiger partial charge >= 0.3 is 5.69 Å². The summed E-state index contributed by atoms with van der Waals surface area (Å²) >= 11 is 0. The molecule has 0 saturated heterocycles. The second kappa shape index (κ2) is 11.1. The van der Waals surface area contributed by atoms with Gasteiger partial charge in [0.1, 0.15) is 24.0 Å². The molecule has 2 aromatic carbocycles. The van der Waals surface area contributed by atoms with Gasteiger partial charge in [0, 0.05) is 44.0 Å². The van der Waals surface area contributed by atoms with Crippen molar-refractivity contribution >= 4 is 34.0 Å². The number of carbonyl (C=O) groups is 1. The van der Waals surface area contributed by atoms with Gasteiger partial charge in [0.15, 0.2) is 0 Å². The molecule has 2 aromatic heterocycles. The third-order valence-electron chi connectivity index (χ3n) is 6.32. The Bertz CT molecular complexity index is 1590. The number of hydrogen-bond acceptors (Lipinski definition) is 7. The highest BCUT2D eigenvalue weighted by Crippen LogP contribution is 2.32. The van der Waals surface area contributed by atoms with E-state index in [1.807, 2.05) is 12.1 Å². The minimum absolute atomic E-state index is 0.0890. The molecule has 0 spiro atoms. The van der Waals surface area contributed by atoms with Gasteiger partial charge < -0.3 is 15.1 Å². The smallest absolute Gasteiger partial charge is 0.348 e. The molecule has 204 valence electrons. The highest BCUT2D eigenvalue weighted by atomic mass is 19.3. The SMILES string of the molecule is Cc1nc(N[C@H](C)c2cccc(C(F)F)c2F)c2cc(N(C)c3cnc(=O)n(CC(=O)N(C)C)c3)ccc2n1. The molecule has 1 amide bonds. The maximum Gasteiger partial charge on any atom is 0.348 e. The van der Waals surface area contributed by atoms with Crippen molar-refractivity contribution in [2.45, 2.75) is 32.9 Å². The molecule has 0 fully saturated rings. The summed E-state index contributed by atoms with van der Waals surface area (Å²) in [6, 6.07) is 8.68. The van der Waals surface area contributed by atoms with Crippen LogP contribution in [0.3, 0.4) is 0 Å². The Morgan fingerprint density at radius 1 is 1.08 bits per heavy atom. The van der Waals surface area contributed by atoms with E-state index in [0.717, 1.165) is 6.07 Å². The monoisotopic (exact) mass is 539 g/mol. The topological polar surface area (TPSA) is 96.2 Å². The van der Waals surface area contributed by atoms with Gasteiger partial charge in [-0.2, -0.15) is 4.98 Å². The molecular weight excluding hydrogens is 511 g/mol. The summed E-state index contributed by atoms with van der Waals surface area (Å²) in [4.78, 5) is 40.4. The Morgan fingerprint density at radius 3 is 2.49 bits per heavy atom. The second-order valence-electron chi connectivity index (χ2n) is 9.31. The van der Waals surface area contributed by atoms with Crippen molar-refractivity contribution in [1.29, 1.82) is 0 Å². The summed E-state index contributed by atoms with van der Waals surface area (Å²) in [5.74, 6) is -0.334. The van der Waals surface area contributed by atoms with Crippen LogP contribution in [0.1, 0.15) is 36.3 Å². The van der Waals surface area contributed by atoms with E-state index in [4.69, 9.17) is 0 Å². The van der Waals surface area contributed by atoms with Crippen LogP contribution in [-0.4, -0.2) is 51.5 Å². The van der Waals surface area contributed by atoms with Crippen molar-refractivity contribution in [3.05, 3.63) is 82.0 Å². The molecule has 2 heterocycles. The van der Waals surface area contributed by atoms with Crippen LogP contribution >= 0.6 is 0 Å². The molecule has 4 rings (SSSR count). The first kappa shape index (κ1) is 27.6. The first-order chi connectivity index (χ1) is 18.5. The van der Waals surface area contributed by atoms with Crippen molar-refractivity contribution < 1.29 is 18.0 Å².